The Kier molecular flexibility index (Phi) is 8.39. The van der Waals surface area contributed by atoms with Crippen LogP contribution in [-0.4, -0.2) is 39.3 Å². The zero-order chi connectivity index (χ0) is 19.1. The molecule has 1 unspecified atom stereocenters. The lowest BCUT2D eigenvalue weighted by molar-refractivity contribution is 0.0621. The molecule has 1 aromatic carbocycles. The van der Waals surface area contributed by atoms with Crippen LogP contribution < -0.4 is 10.6 Å². The molecule has 4 N–H and O–H groups in total. The summed E-state index contributed by atoms with van der Waals surface area (Å²) >= 11 is 1.57. The summed E-state index contributed by atoms with van der Waals surface area (Å²) in [6.45, 7) is 5.43. The van der Waals surface area contributed by atoms with E-state index < -0.39 is 5.60 Å². The molecular formula is C19H25IN6OS. The minimum atomic E-state index is -0.956. The molecule has 0 bridgehead atoms. The highest BCUT2D eigenvalue weighted by molar-refractivity contribution is 14.0. The van der Waals surface area contributed by atoms with Gasteiger partial charge >= 0.3 is 0 Å². The molecule has 3 rings (SSSR count). The van der Waals surface area contributed by atoms with E-state index in [1.165, 1.54) is 6.33 Å². The number of aliphatic hydroxyl groups is 1. The van der Waals surface area contributed by atoms with Crippen molar-refractivity contribution >= 4 is 41.3 Å². The minimum Gasteiger partial charge on any atom is -0.384 e. The normalized spacial score (nSPS) is 13.5. The first-order valence-electron chi connectivity index (χ1n) is 8.80. The predicted molar refractivity (Wildman–Crippen MR) is 124 cm³/mol. The van der Waals surface area contributed by atoms with Crippen molar-refractivity contribution in [1.82, 2.24) is 25.8 Å². The van der Waals surface area contributed by atoms with Crippen molar-refractivity contribution < 1.29 is 5.11 Å². The van der Waals surface area contributed by atoms with Crippen LogP contribution in [0.1, 0.15) is 25.0 Å². The molecule has 0 radical (unpaired) electrons. The topological polar surface area (TPSA) is 98.2 Å². The standard InChI is InChI=1S/C19H24N6OS.HI/c1-3-20-18(22-12-19(2,26)16-7-8-27-11-16)21-10-14-5-4-6-15(9-14)17-23-13-24-25-17;/h4-9,11,13,26H,3,10,12H2,1-2H3,(H2,20,21,22)(H,23,24,25);1H. The first-order chi connectivity index (χ1) is 13.1. The van der Waals surface area contributed by atoms with E-state index in [0.717, 1.165) is 29.1 Å². The number of benzene rings is 1. The van der Waals surface area contributed by atoms with Gasteiger partial charge in [0.05, 0.1) is 13.1 Å². The van der Waals surface area contributed by atoms with Gasteiger partial charge < -0.3 is 15.7 Å². The first-order valence-corrected chi connectivity index (χ1v) is 9.74. The number of thiophene rings is 1. The van der Waals surface area contributed by atoms with E-state index in [9.17, 15) is 5.11 Å². The summed E-state index contributed by atoms with van der Waals surface area (Å²) in [7, 11) is 0. The average molecular weight is 512 g/mol. The maximum atomic E-state index is 10.7. The van der Waals surface area contributed by atoms with Crippen LogP contribution in [0.2, 0.25) is 0 Å². The highest BCUT2D eigenvalue weighted by Gasteiger charge is 2.23. The Balaban J connectivity index is 0.00000280. The van der Waals surface area contributed by atoms with Gasteiger partial charge in [-0.25, -0.2) is 9.98 Å². The monoisotopic (exact) mass is 512 g/mol. The van der Waals surface area contributed by atoms with Crippen LogP contribution >= 0.6 is 35.3 Å². The smallest absolute Gasteiger partial charge is 0.191 e. The lowest BCUT2D eigenvalue weighted by Gasteiger charge is -2.24. The summed E-state index contributed by atoms with van der Waals surface area (Å²) in [6.07, 6.45) is 1.49. The van der Waals surface area contributed by atoms with E-state index in [4.69, 9.17) is 0 Å². The molecule has 0 fully saturated rings. The van der Waals surface area contributed by atoms with Gasteiger partial charge in [0.25, 0.3) is 0 Å². The molecule has 0 aliphatic rings. The molecule has 0 aliphatic carbocycles. The Hall–Kier alpha value is -1.98. The second-order valence-electron chi connectivity index (χ2n) is 6.37. The fraction of sp³-hybridized carbons (Fsp3) is 0.316. The highest BCUT2D eigenvalue weighted by atomic mass is 127. The maximum Gasteiger partial charge on any atom is 0.191 e. The van der Waals surface area contributed by atoms with Gasteiger partial charge in [0.2, 0.25) is 0 Å². The van der Waals surface area contributed by atoms with E-state index >= 15 is 0 Å². The van der Waals surface area contributed by atoms with Crippen molar-refractivity contribution in [2.75, 3.05) is 13.1 Å². The van der Waals surface area contributed by atoms with E-state index in [0.29, 0.717) is 19.0 Å². The summed E-state index contributed by atoms with van der Waals surface area (Å²) in [5.74, 6) is 1.40. The lowest BCUT2D eigenvalue weighted by atomic mass is 9.99. The molecule has 2 aromatic heterocycles. The van der Waals surface area contributed by atoms with Crippen molar-refractivity contribution in [2.45, 2.75) is 26.0 Å². The number of aliphatic imine (C=N–C) groups is 1. The third-order valence-corrected chi connectivity index (χ3v) is 4.81. The zero-order valence-corrected chi connectivity index (χ0v) is 19.0. The largest absolute Gasteiger partial charge is 0.384 e. The van der Waals surface area contributed by atoms with Gasteiger partial charge in [-0.1, -0.05) is 18.2 Å². The molecule has 2 heterocycles. The molecule has 3 aromatic rings. The molecule has 150 valence electrons. The van der Waals surface area contributed by atoms with Crippen LogP contribution in [0.5, 0.6) is 0 Å². The van der Waals surface area contributed by atoms with Crippen LogP contribution in [-0.2, 0) is 12.1 Å². The third-order valence-electron chi connectivity index (χ3n) is 4.12. The third kappa shape index (κ3) is 6.01. The molecule has 0 aliphatic heterocycles. The van der Waals surface area contributed by atoms with Crippen LogP contribution in [0.4, 0.5) is 0 Å². The van der Waals surface area contributed by atoms with E-state index in [-0.39, 0.29) is 24.0 Å². The average Bonchev–Trinajstić information content (AvgIpc) is 3.38. The van der Waals surface area contributed by atoms with Gasteiger partial charge in [-0.3, -0.25) is 5.10 Å². The van der Waals surface area contributed by atoms with Gasteiger partial charge in [0.1, 0.15) is 11.9 Å². The SMILES string of the molecule is CCNC(=NCc1cccc(-c2ncn[nH]2)c1)NCC(C)(O)c1ccsc1.I. The number of halogens is 1. The number of aromatic amines is 1. The summed E-state index contributed by atoms with van der Waals surface area (Å²) in [5.41, 5.74) is 1.97. The Bertz CT molecular complexity index is 864. The lowest BCUT2D eigenvalue weighted by Crippen LogP contribution is -2.44. The molecular weight excluding hydrogens is 487 g/mol. The van der Waals surface area contributed by atoms with Gasteiger partial charge in [-0.2, -0.15) is 16.4 Å². The van der Waals surface area contributed by atoms with Gasteiger partial charge in [0, 0.05) is 12.1 Å². The summed E-state index contributed by atoms with van der Waals surface area (Å²) < 4.78 is 0. The molecule has 0 amide bonds. The van der Waals surface area contributed by atoms with Crippen molar-refractivity contribution in [3.05, 3.63) is 58.5 Å². The molecule has 28 heavy (non-hydrogen) atoms. The molecule has 9 heteroatoms. The number of rotatable bonds is 7. The van der Waals surface area contributed by atoms with Crippen molar-refractivity contribution in [3.8, 4) is 11.4 Å². The number of hydrogen-bond acceptors (Lipinski definition) is 5. The Morgan fingerprint density at radius 2 is 2.18 bits per heavy atom. The van der Waals surface area contributed by atoms with Gasteiger partial charge in [-0.05, 0) is 47.9 Å². The Morgan fingerprint density at radius 3 is 2.86 bits per heavy atom. The number of nitrogens with one attached hydrogen (secondary N) is 3. The fourth-order valence-corrected chi connectivity index (χ4v) is 3.39. The number of guanidine groups is 1. The number of H-pyrrole nitrogens is 1. The first kappa shape index (κ1) is 22.3. The number of nitrogens with zero attached hydrogens (tertiary/aromatic N) is 3. The molecule has 0 saturated heterocycles. The zero-order valence-electron chi connectivity index (χ0n) is 15.8. The van der Waals surface area contributed by atoms with Crippen molar-refractivity contribution in [1.29, 1.82) is 0 Å². The minimum absolute atomic E-state index is 0. The molecule has 1 atom stereocenters. The fourth-order valence-electron chi connectivity index (χ4n) is 2.60. The van der Waals surface area contributed by atoms with Crippen LogP contribution in [0.25, 0.3) is 11.4 Å². The second-order valence-corrected chi connectivity index (χ2v) is 7.15. The molecule has 0 spiro atoms. The van der Waals surface area contributed by atoms with Gasteiger partial charge in [0.15, 0.2) is 11.8 Å². The number of hydrogen-bond donors (Lipinski definition) is 4. The number of aromatic nitrogens is 3. The van der Waals surface area contributed by atoms with Crippen molar-refractivity contribution in [3.63, 3.8) is 0 Å². The molecule has 0 saturated carbocycles. The Morgan fingerprint density at radius 1 is 1.32 bits per heavy atom. The summed E-state index contributed by atoms with van der Waals surface area (Å²) in [6, 6.07) is 9.95. The Labute approximate surface area is 185 Å². The van der Waals surface area contributed by atoms with Crippen molar-refractivity contribution in [2.24, 2.45) is 4.99 Å². The highest BCUT2D eigenvalue weighted by Crippen LogP contribution is 2.22. The maximum absolute atomic E-state index is 10.7. The summed E-state index contributed by atoms with van der Waals surface area (Å²) in [5, 5.41) is 27.8. The van der Waals surface area contributed by atoms with Crippen LogP contribution in [0.15, 0.2) is 52.4 Å². The van der Waals surface area contributed by atoms with Gasteiger partial charge in [-0.15, -0.1) is 24.0 Å². The van der Waals surface area contributed by atoms with Crippen LogP contribution in [0.3, 0.4) is 0 Å². The molecule has 7 nitrogen and oxygen atoms in total. The predicted octanol–water partition coefficient (Wildman–Crippen LogP) is 3.11. The summed E-state index contributed by atoms with van der Waals surface area (Å²) in [4.78, 5) is 8.81. The van der Waals surface area contributed by atoms with Crippen LogP contribution in [0, 0.1) is 0 Å². The van der Waals surface area contributed by atoms with E-state index in [1.807, 2.05) is 48.0 Å². The quantitative estimate of drug-likeness (QED) is 0.222. The van der Waals surface area contributed by atoms with E-state index in [1.54, 1.807) is 18.3 Å². The van der Waals surface area contributed by atoms with E-state index in [2.05, 4.69) is 30.8 Å². The second kappa shape index (κ2) is 10.5.